The summed E-state index contributed by atoms with van der Waals surface area (Å²) in [4.78, 5) is 15.3. The lowest BCUT2D eigenvalue weighted by Crippen LogP contribution is -2.44. The Hall–Kier alpha value is -2.89. The number of ether oxygens (including phenoxy) is 3. The molecule has 0 bridgehead atoms. The molecule has 0 saturated carbocycles. The van der Waals surface area contributed by atoms with Crippen LogP contribution in [0.15, 0.2) is 36.4 Å². The number of benzene rings is 2. The molecule has 1 saturated heterocycles. The highest BCUT2D eigenvalue weighted by Crippen LogP contribution is 2.39. The van der Waals surface area contributed by atoms with E-state index in [0.29, 0.717) is 22.8 Å². The van der Waals surface area contributed by atoms with E-state index < -0.39 is 0 Å². The molecular weight excluding hydrogens is 392 g/mol. The summed E-state index contributed by atoms with van der Waals surface area (Å²) in [7, 11) is 4.62. The van der Waals surface area contributed by atoms with Crippen LogP contribution < -0.4 is 24.4 Å². The number of anilines is 1. The highest BCUT2D eigenvalue weighted by molar-refractivity contribution is 5.98. The van der Waals surface area contributed by atoms with E-state index in [1.54, 1.807) is 19.2 Å². The average molecular weight is 427 g/mol. The molecule has 1 N–H and O–H groups in total. The molecule has 2 aromatic carbocycles. The molecule has 1 aliphatic rings. The van der Waals surface area contributed by atoms with Gasteiger partial charge in [0.25, 0.3) is 5.91 Å². The Labute approximate surface area is 185 Å². The van der Waals surface area contributed by atoms with Crippen molar-refractivity contribution in [3.05, 3.63) is 47.5 Å². The van der Waals surface area contributed by atoms with Crippen LogP contribution in [0.4, 0.5) is 5.69 Å². The Bertz CT molecular complexity index is 895. The van der Waals surface area contributed by atoms with Crippen LogP contribution in [0, 0.1) is 0 Å². The second-order valence-corrected chi connectivity index (χ2v) is 8.91. The lowest BCUT2D eigenvalue weighted by Gasteiger charge is -2.34. The predicted octanol–water partition coefficient (Wildman–Crippen LogP) is 4.41. The SMILES string of the molecule is COc1ccc(C(=O)NC2CCN(c3ccc(C(C)(C)C)cc3)CC2)c(OC)c1OC. The van der Waals surface area contributed by atoms with Gasteiger partial charge in [-0.25, -0.2) is 0 Å². The summed E-state index contributed by atoms with van der Waals surface area (Å²) in [5, 5.41) is 3.16. The Morgan fingerprint density at radius 1 is 0.903 bits per heavy atom. The minimum Gasteiger partial charge on any atom is -0.493 e. The zero-order chi connectivity index (χ0) is 22.6. The third-order valence-electron chi connectivity index (χ3n) is 5.88. The van der Waals surface area contributed by atoms with Crippen molar-refractivity contribution in [3.8, 4) is 17.2 Å². The number of rotatable bonds is 6. The fourth-order valence-electron chi connectivity index (χ4n) is 4.00. The van der Waals surface area contributed by atoms with Gasteiger partial charge >= 0.3 is 0 Å². The molecule has 31 heavy (non-hydrogen) atoms. The molecule has 3 rings (SSSR count). The lowest BCUT2D eigenvalue weighted by atomic mass is 9.87. The van der Waals surface area contributed by atoms with Crippen molar-refractivity contribution in [3.63, 3.8) is 0 Å². The zero-order valence-electron chi connectivity index (χ0n) is 19.5. The van der Waals surface area contributed by atoms with E-state index in [-0.39, 0.29) is 17.4 Å². The third kappa shape index (κ3) is 5.06. The maximum absolute atomic E-state index is 12.9. The van der Waals surface area contributed by atoms with Crippen LogP contribution in [-0.4, -0.2) is 46.4 Å². The van der Waals surface area contributed by atoms with E-state index in [9.17, 15) is 4.79 Å². The van der Waals surface area contributed by atoms with Crippen molar-refractivity contribution in [2.24, 2.45) is 0 Å². The van der Waals surface area contributed by atoms with Crippen LogP contribution in [0.1, 0.15) is 49.5 Å². The Balaban J connectivity index is 1.63. The molecule has 0 aliphatic carbocycles. The first-order valence-corrected chi connectivity index (χ1v) is 10.7. The smallest absolute Gasteiger partial charge is 0.255 e. The zero-order valence-corrected chi connectivity index (χ0v) is 19.5. The first kappa shape index (κ1) is 22.8. The van der Waals surface area contributed by atoms with Crippen molar-refractivity contribution in [1.82, 2.24) is 5.32 Å². The Kier molecular flexibility index (Phi) is 6.98. The van der Waals surface area contributed by atoms with E-state index in [2.05, 4.69) is 55.3 Å². The second-order valence-electron chi connectivity index (χ2n) is 8.91. The molecule has 0 radical (unpaired) electrons. The molecule has 0 aromatic heterocycles. The number of hydrogen-bond acceptors (Lipinski definition) is 5. The largest absolute Gasteiger partial charge is 0.493 e. The van der Waals surface area contributed by atoms with Gasteiger partial charge in [0.1, 0.15) is 0 Å². The molecule has 1 heterocycles. The van der Waals surface area contributed by atoms with Gasteiger partial charge in [0.2, 0.25) is 5.75 Å². The number of nitrogens with one attached hydrogen (secondary N) is 1. The molecule has 6 heteroatoms. The summed E-state index contributed by atoms with van der Waals surface area (Å²) in [5.74, 6) is 1.18. The Morgan fingerprint density at radius 2 is 1.52 bits per heavy atom. The number of carbonyl (C=O) groups is 1. The molecular formula is C25H34N2O4. The van der Waals surface area contributed by atoms with Gasteiger partial charge in [-0.1, -0.05) is 32.9 Å². The van der Waals surface area contributed by atoms with Crippen LogP contribution in [-0.2, 0) is 5.41 Å². The minimum absolute atomic E-state index is 0.121. The number of piperidine rings is 1. The van der Waals surface area contributed by atoms with E-state index in [4.69, 9.17) is 14.2 Å². The van der Waals surface area contributed by atoms with Crippen LogP contribution in [0.5, 0.6) is 17.2 Å². The normalized spacial score (nSPS) is 14.8. The van der Waals surface area contributed by atoms with Crippen LogP contribution in [0.25, 0.3) is 0 Å². The van der Waals surface area contributed by atoms with Crippen molar-refractivity contribution < 1.29 is 19.0 Å². The van der Waals surface area contributed by atoms with E-state index in [0.717, 1.165) is 25.9 Å². The first-order chi connectivity index (χ1) is 14.8. The molecule has 168 valence electrons. The van der Waals surface area contributed by atoms with Crippen molar-refractivity contribution >= 4 is 11.6 Å². The van der Waals surface area contributed by atoms with Crippen LogP contribution >= 0.6 is 0 Å². The quantitative estimate of drug-likeness (QED) is 0.742. The van der Waals surface area contributed by atoms with Gasteiger partial charge in [-0.3, -0.25) is 4.79 Å². The summed E-state index contributed by atoms with van der Waals surface area (Å²) >= 11 is 0. The van der Waals surface area contributed by atoms with Gasteiger partial charge in [-0.2, -0.15) is 0 Å². The number of carbonyl (C=O) groups excluding carboxylic acids is 1. The first-order valence-electron chi connectivity index (χ1n) is 10.7. The van der Waals surface area contributed by atoms with Gasteiger partial charge in [0.15, 0.2) is 11.5 Å². The average Bonchev–Trinajstić information content (AvgIpc) is 2.77. The molecule has 1 aliphatic heterocycles. The molecule has 0 unspecified atom stereocenters. The van der Waals surface area contributed by atoms with Gasteiger partial charge in [0, 0.05) is 24.8 Å². The minimum atomic E-state index is -0.161. The van der Waals surface area contributed by atoms with Crippen LogP contribution in [0.2, 0.25) is 0 Å². The molecule has 0 atom stereocenters. The maximum atomic E-state index is 12.9. The van der Waals surface area contributed by atoms with E-state index in [1.807, 2.05) is 0 Å². The molecule has 6 nitrogen and oxygen atoms in total. The summed E-state index contributed by atoms with van der Waals surface area (Å²) in [5.41, 5.74) is 3.17. The van der Waals surface area contributed by atoms with Gasteiger partial charge in [0.05, 0.1) is 26.9 Å². The standard InChI is InChI=1S/C25H34N2O4/c1-25(2,3)17-7-9-19(10-8-17)27-15-13-18(14-16-27)26-24(28)20-11-12-21(29-4)23(31-6)22(20)30-5/h7-12,18H,13-16H2,1-6H3,(H,26,28). The molecule has 1 amide bonds. The number of amides is 1. The fourth-order valence-corrected chi connectivity index (χ4v) is 4.00. The highest BCUT2D eigenvalue weighted by atomic mass is 16.5. The van der Waals surface area contributed by atoms with Gasteiger partial charge < -0.3 is 24.4 Å². The number of hydrogen-bond donors (Lipinski definition) is 1. The summed E-state index contributed by atoms with van der Waals surface area (Å²) < 4.78 is 16.2. The molecule has 0 spiro atoms. The number of methoxy groups -OCH3 is 3. The topological polar surface area (TPSA) is 60.0 Å². The van der Waals surface area contributed by atoms with E-state index in [1.165, 1.54) is 25.5 Å². The third-order valence-corrected chi connectivity index (χ3v) is 5.88. The summed E-state index contributed by atoms with van der Waals surface area (Å²) in [6.07, 6.45) is 1.78. The van der Waals surface area contributed by atoms with Gasteiger partial charge in [-0.15, -0.1) is 0 Å². The van der Waals surface area contributed by atoms with Crippen molar-refractivity contribution in [1.29, 1.82) is 0 Å². The highest BCUT2D eigenvalue weighted by Gasteiger charge is 2.25. The monoisotopic (exact) mass is 426 g/mol. The van der Waals surface area contributed by atoms with Gasteiger partial charge in [-0.05, 0) is 48.1 Å². The van der Waals surface area contributed by atoms with Crippen molar-refractivity contribution in [2.75, 3.05) is 39.3 Å². The van der Waals surface area contributed by atoms with Crippen LogP contribution in [0.3, 0.4) is 0 Å². The molecule has 2 aromatic rings. The van der Waals surface area contributed by atoms with E-state index >= 15 is 0 Å². The lowest BCUT2D eigenvalue weighted by molar-refractivity contribution is 0.0927. The summed E-state index contributed by atoms with van der Waals surface area (Å²) in [6.45, 7) is 8.49. The molecule has 1 fully saturated rings. The van der Waals surface area contributed by atoms with Crippen molar-refractivity contribution in [2.45, 2.75) is 45.1 Å². The summed E-state index contributed by atoms with van der Waals surface area (Å²) in [6, 6.07) is 12.4. The maximum Gasteiger partial charge on any atom is 0.255 e. The Morgan fingerprint density at radius 3 is 2.03 bits per heavy atom. The second kappa shape index (κ2) is 9.50. The predicted molar refractivity (Wildman–Crippen MR) is 124 cm³/mol. The fraction of sp³-hybridized carbons (Fsp3) is 0.480. The number of nitrogens with zero attached hydrogens (tertiary/aromatic N) is 1.